The van der Waals surface area contributed by atoms with Crippen LogP contribution in [0.2, 0.25) is 0 Å². The fourth-order valence-corrected chi connectivity index (χ4v) is 9.34. The summed E-state index contributed by atoms with van der Waals surface area (Å²) in [5.41, 5.74) is 8.31. The van der Waals surface area contributed by atoms with Crippen molar-refractivity contribution in [3.8, 4) is 74.7 Å². The summed E-state index contributed by atoms with van der Waals surface area (Å²) in [7, 11) is 1.62. The van der Waals surface area contributed by atoms with E-state index in [1.165, 1.54) is 30.5 Å². The van der Waals surface area contributed by atoms with E-state index in [9.17, 15) is 28.8 Å². The topological polar surface area (TPSA) is 167 Å². The highest BCUT2D eigenvalue weighted by Crippen LogP contribution is 2.31. The third-order valence-electron chi connectivity index (χ3n) is 15.0. The van der Waals surface area contributed by atoms with Crippen LogP contribution in [0, 0.1) is 20.8 Å². The molecule has 0 amide bonds. The molecule has 0 bridgehead atoms. The Labute approximate surface area is 576 Å². The largest absolute Gasteiger partial charge is 0.497 e. The van der Waals surface area contributed by atoms with Crippen molar-refractivity contribution in [1.82, 2.24) is 0 Å². The van der Waals surface area contributed by atoms with Gasteiger partial charge in [0.2, 0.25) is 0 Å². The van der Waals surface area contributed by atoms with Crippen molar-refractivity contribution in [2.24, 2.45) is 0 Å². The van der Waals surface area contributed by atoms with Gasteiger partial charge in [0.05, 0.1) is 7.11 Å². The normalized spacial score (nSPS) is 10.3. The third kappa shape index (κ3) is 21.6. The van der Waals surface area contributed by atoms with Crippen molar-refractivity contribution in [3.05, 3.63) is 352 Å². The van der Waals surface area contributed by atoms with Gasteiger partial charge in [0.25, 0.3) is 0 Å². The quantitative estimate of drug-likeness (QED) is 0.0624. The number of Topliss-reactive ketones (excluding diaryl/α,β-unsaturated/α-hetero) is 4. The number of ether oxygens (including phenoxy) is 7. The van der Waals surface area contributed by atoms with Crippen molar-refractivity contribution in [2.45, 2.75) is 48.5 Å². The maximum Gasteiger partial charge on any atom is 0.193 e. The van der Waals surface area contributed by atoms with Crippen molar-refractivity contribution in [1.29, 1.82) is 0 Å². The summed E-state index contributed by atoms with van der Waals surface area (Å²) in [6.45, 7) is 12.2. The van der Waals surface area contributed by atoms with Crippen molar-refractivity contribution in [3.63, 3.8) is 0 Å². The first-order chi connectivity index (χ1) is 47.8. The number of carbonyl (C=O) groups excluding carboxylic acids is 6. The Balaban J connectivity index is 0.000000158. The summed E-state index contributed by atoms with van der Waals surface area (Å²) in [6, 6.07) is 87.1. The van der Waals surface area contributed by atoms with Crippen LogP contribution in [0.1, 0.15) is 118 Å². The van der Waals surface area contributed by atoms with E-state index in [0.717, 1.165) is 34.5 Å². The van der Waals surface area contributed by atoms with Gasteiger partial charge in [-0.25, -0.2) is 0 Å². The highest BCUT2D eigenvalue weighted by Gasteiger charge is 2.13. The van der Waals surface area contributed by atoms with Gasteiger partial charge in [-0.1, -0.05) is 102 Å². The first kappa shape index (κ1) is 70.6. The molecule has 12 aromatic rings. The standard InChI is InChI=1S/C28H22O5.C22H18O3.C21H18O3.C15H14O2/c1-19(29)20-3-5-21(6-4-20)28(30)22-7-9-24(10-8-22)32-26-15-17-27(18-16-26)33-25-13-11-23(31-2)12-14-25;1-15-3-11-20(12-4-15)25-21-13-9-19(10-14-21)22(24)18-7-5-17(6-8-18)16(2)23;1-15-3-7-18(8-4-15)23-20-11-13-21(14-12-20)24-19-9-5-17(6-10-19)16(2)22;1-11-3-7-14(8-4-11)17-15-9-5-13(6-10-15)12(2)16/h3-18H,1-2H3;3-14H,1-2H3;3-14H,1-2H3;3-10H,1-2H3. The molecule has 0 radical (unpaired) electrons. The van der Waals surface area contributed by atoms with E-state index < -0.39 is 0 Å². The number of hydrogen-bond donors (Lipinski definition) is 0. The summed E-state index contributed by atoms with van der Waals surface area (Å²) in [6.07, 6.45) is 0. The van der Waals surface area contributed by atoms with Gasteiger partial charge in [-0.15, -0.1) is 0 Å². The Bertz CT molecular complexity index is 4650. The van der Waals surface area contributed by atoms with E-state index in [1.54, 1.807) is 167 Å². The molecule has 13 nitrogen and oxygen atoms in total. The van der Waals surface area contributed by atoms with Crippen molar-refractivity contribution >= 4 is 34.7 Å². The summed E-state index contributed by atoms with van der Waals surface area (Å²) in [5, 5.41) is 0. The molecule has 12 rings (SSSR count). The molecule has 99 heavy (non-hydrogen) atoms. The highest BCUT2D eigenvalue weighted by atomic mass is 16.5. The van der Waals surface area contributed by atoms with E-state index in [0.29, 0.717) is 84.8 Å². The van der Waals surface area contributed by atoms with E-state index in [2.05, 4.69) is 0 Å². The lowest BCUT2D eigenvalue weighted by atomic mass is 10.0. The Kier molecular flexibility index (Phi) is 24.7. The predicted molar refractivity (Wildman–Crippen MR) is 385 cm³/mol. The zero-order valence-electron chi connectivity index (χ0n) is 56.0. The van der Waals surface area contributed by atoms with Gasteiger partial charge in [-0.3, -0.25) is 28.8 Å². The molecule has 0 saturated carbocycles. The van der Waals surface area contributed by atoms with Crippen LogP contribution < -0.4 is 33.2 Å². The molecule has 0 atom stereocenters. The molecule has 0 unspecified atom stereocenters. The summed E-state index contributed by atoms with van der Waals surface area (Å²) in [5.74, 6) is 9.18. The molecule has 12 aromatic carbocycles. The van der Waals surface area contributed by atoms with Crippen LogP contribution in [0.25, 0.3) is 0 Å². The van der Waals surface area contributed by atoms with Gasteiger partial charge in [-0.2, -0.15) is 0 Å². The number of carbonyl (C=O) groups is 6. The lowest BCUT2D eigenvalue weighted by Crippen LogP contribution is -2.02. The Morgan fingerprint density at radius 3 is 0.465 bits per heavy atom. The van der Waals surface area contributed by atoms with Gasteiger partial charge in [0.1, 0.15) is 74.7 Å². The molecule has 0 aliphatic carbocycles. The minimum atomic E-state index is -0.114. The number of ketones is 6. The lowest BCUT2D eigenvalue weighted by molar-refractivity contribution is 0.100. The summed E-state index contributed by atoms with van der Waals surface area (Å²) >= 11 is 0. The second-order valence-electron chi connectivity index (χ2n) is 22.8. The van der Waals surface area contributed by atoms with Crippen LogP contribution >= 0.6 is 0 Å². The SMILES string of the molecule is CC(=O)c1ccc(C(=O)c2ccc(Oc3ccc(C)cc3)cc2)cc1.CC(=O)c1ccc(Oc2ccc(C)cc2)cc1.CC(=O)c1ccc(Oc2ccc(Oc3ccc(C)cc3)cc2)cc1.COc1ccc(Oc2ccc(Oc3ccc(C(=O)c4ccc(C(C)=O)cc4)cc3)cc2)cc1. The van der Waals surface area contributed by atoms with E-state index in [-0.39, 0.29) is 34.7 Å². The molecule has 0 spiro atoms. The molecule has 0 heterocycles. The number of hydrogen-bond acceptors (Lipinski definition) is 13. The first-order valence-electron chi connectivity index (χ1n) is 31.6. The van der Waals surface area contributed by atoms with Gasteiger partial charge < -0.3 is 33.2 Å². The van der Waals surface area contributed by atoms with E-state index in [4.69, 9.17) is 33.2 Å². The molecule has 13 heteroatoms. The molecule has 0 aromatic heterocycles. The van der Waals surface area contributed by atoms with Gasteiger partial charge in [0, 0.05) is 44.5 Å². The zero-order chi connectivity index (χ0) is 70.2. The molecule has 0 aliphatic heterocycles. The molecule has 0 fully saturated rings. The average molecular weight is 1310 g/mol. The van der Waals surface area contributed by atoms with Gasteiger partial charge in [0.15, 0.2) is 34.7 Å². The monoisotopic (exact) mass is 1310 g/mol. The van der Waals surface area contributed by atoms with E-state index >= 15 is 0 Å². The smallest absolute Gasteiger partial charge is 0.193 e. The van der Waals surface area contributed by atoms with Crippen LogP contribution in [0.15, 0.2) is 291 Å². The van der Waals surface area contributed by atoms with Crippen LogP contribution in [0.3, 0.4) is 0 Å². The van der Waals surface area contributed by atoms with Crippen LogP contribution in [-0.2, 0) is 0 Å². The van der Waals surface area contributed by atoms with Crippen LogP contribution in [0.4, 0.5) is 0 Å². The van der Waals surface area contributed by atoms with Crippen LogP contribution in [0.5, 0.6) is 74.7 Å². The first-order valence-corrected chi connectivity index (χ1v) is 31.6. The number of rotatable bonds is 21. The predicted octanol–water partition coefficient (Wildman–Crippen LogP) is 21.7. The minimum Gasteiger partial charge on any atom is -0.497 e. The minimum absolute atomic E-state index is 0.0170. The maximum atomic E-state index is 12.7. The van der Waals surface area contributed by atoms with Gasteiger partial charge in [-0.05, 0) is 255 Å². The fraction of sp³-hybridized carbons (Fsp3) is 0.0930. The molecular weight excluding hydrogens is 1240 g/mol. The Hall–Kier alpha value is -12.7. The Morgan fingerprint density at radius 2 is 0.303 bits per heavy atom. The zero-order valence-corrected chi connectivity index (χ0v) is 56.0. The van der Waals surface area contributed by atoms with E-state index in [1.807, 2.05) is 166 Å². The highest BCUT2D eigenvalue weighted by molar-refractivity contribution is 6.10. The number of aryl methyl sites for hydroxylation is 3. The van der Waals surface area contributed by atoms with Crippen molar-refractivity contribution < 1.29 is 61.9 Å². The second-order valence-corrected chi connectivity index (χ2v) is 22.8. The average Bonchev–Trinajstić information content (AvgIpc) is 0.886. The van der Waals surface area contributed by atoms with Gasteiger partial charge >= 0.3 is 0 Å². The lowest BCUT2D eigenvalue weighted by Gasteiger charge is -2.09. The number of benzene rings is 12. The molecular formula is C86H72O13. The second kappa shape index (κ2) is 34.6. The molecule has 494 valence electrons. The number of methoxy groups -OCH3 is 1. The van der Waals surface area contributed by atoms with Crippen LogP contribution in [-0.4, -0.2) is 41.8 Å². The maximum absolute atomic E-state index is 12.7. The molecule has 0 N–H and O–H groups in total. The molecule has 0 saturated heterocycles. The summed E-state index contributed by atoms with van der Waals surface area (Å²) < 4.78 is 39.8. The van der Waals surface area contributed by atoms with Crippen molar-refractivity contribution in [2.75, 3.05) is 7.11 Å². The fourth-order valence-electron chi connectivity index (χ4n) is 9.34. The third-order valence-corrected chi connectivity index (χ3v) is 15.0. The summed E-state index contributed by atoms with van der Waals surface area (Å²) in [4.78, 5) is 70.3. The Morgan fingerprint density at radius 1 is 0.182 bits per heavy atom. The molecule has 0 aliphatic rings.